The standard InChI is InChI=1S/C27H32F2N4O2/c1-31(2)13-5-6-19-7-9-20(10-8-19)26-24-17-32(14-3-4-15-33(24)25(26)18-34)27(35)30-23-16-21(28)11-12-22(23)29/h7-12,16,24-26,34H,3-4,13-15,17-18H2,1-2H3,(H,30,35)/t24-,25-,26+/m0/s1. The number of fused-ring (bicyclic) bond motifs is 1. The molecule has 4 rings (SSSR count). The smallest absolute Gasteiger partial charge is 0.321 e. The molecule has 0 aliphatic carbocycles. The zero-order valence-corrected chi connectivity index (χ0v) is 20.2. The molecule has 2 aromatic carbocycles. The first-order chi connectivity index (χ1) is 16.9. The lowest BCUT2D eigenvalue weighted by atomic mass is 9.74. The molecular weight excluding hydrogens is 450 g/mol. The molecule has 0 saturated carbocycles. The number of rotatable bonds is 4. The van der Waals surface area contributed by atoms with Crippen LogP contribution in [0.5, 0.6) is 0 Å². The number of nitrogens with zero attached hydrogens (tertiary/aromatic N) is 3. The predicted molar refractivity (Wildman–Crippen MR) is 132 cm³/mol. The number of carbonyl (C=O) groups excluding carboxylic acids is 1. The van der Waals surface area contributed by atoms with Crippen LogP contribution in [0, 0.1) is 23.5 Å². The highest BCUT2D eigenvalue weighted by Crippen LogP contribution is 2.42. The van der Waals surface area contributed by atoms with E-state index in [4.69, 9.17) is 0 Å². The van der Waals surface area contributed by atoms with Crippen LogP contribution >= 0.6 is 0 Å². The van der Waals surface area contributed by atoms with Crippen molar-refractivity contribution in [1.82, 2.24) is 14.7 Å². The third-order valence-corrected chi connectivity index (χ3v) is 6.75. The van der Waals surface area contributed by atoms with Gasteiger partial charge in [-0.15, -0.1) is 0 Å². The maximum absolute atomic E-state index is 14.1. The van der Waals surface area contributed by atoms with Crippen molar-refractivity contribution in [3.8, 4) is 11.8 Å². The quantitative estimate of drug-likeness (QED) is 0.657. The molecule has 0 unspecified atom stereocenters. The summed E-state index contributed by atoms with van der Waals surface area (Å²) in [4.78, 5) is 18.9. The Kier molecular flexibility index (Phi) is 8.01. The summed E-state index contributed by atoms with van der Waals surface area (Å²) >= 11 is 0. The second-order valence-corrected chi connectivity index (χ2v) is 9.45. The van der Waals surface area contributed by atoms with Crippen molar-refractivity contribution >= 4 is 11.7 Å². The Morgan fingerprint density at radius 3 is 2.60 bits per heavy atom. The van der Waals surface area contributed by atoms with Gasteiger partial charge in [-0.3, -0.25) is 9.80 Å². The average molecular weight is 483 g/mol. The van der Waals surface area contributed by atoms with Crippen LogP contribution in [-0.4, -0.2) is 84.8 Å². The first kappa shape index (κ1) is 25.1. The number of aliphatic hydroxyl groups excluding tert-OH is 1. The van der Waals surface area contributed by atoms with Crippen LogP contribution in [0.3, 0.4) is 0 Å². The van der Waals surface area contributed by atoms with Crippen molar-refractivity contribution in [3.05, 3.63) is 65.2 Å². The highest BCUT2D eigenvalue weighted by atomic mass is 19.1. The van der Waals surface area contributed by atoms with E-state index >= 15 is 0 Å². The van der Waals surface area contributed by atoms with Gasteiger partial charge in [0, 0.05) is 42.7 Å². The largest absolute Gasteiger partial charge is 0.395 e. The van der Waals surface area contributed by atoms with Crippen molar-refractivity contribution in [2.75, 3.05) is 52.2 Å². The summed E-state index contributed by atoms with van der Waals surface area (Å²) in [5.41, 5.74) is 1.86. The fraction of sp³-hybridized carbons (Fsp3) is 0.444. The molecule has 0 spiro atoms. The first-order valence-electron chi connectivity index (χ1n) is 12.0. The molecule has 2 aromatic rings. The van der Waals surface area contributed by atoms with Gasteiger partial charge in [-0.2, -0.15) is 0 Å². The number of hydrogen-bond donors (Lipinski definition) is 2. The molecular formula is C27H32F2N4O2. The summed E-state index contributed by atoms with van der Waals surface area (Å²) in [6.45, 7) is 2.55. The highest BCUT2D eigenvalue weighted by molar-refractivity contribution is 5.89. The van der Waals surface area contributed by atoms with E-state index in [0.29, 0.717) is 19.6 Å². The molecule has 2 N–H and O–H groups in total. The Morgan fingerprint density at radius 1 is 1.14 bits per heavy atom. The Bertz CT molecular complexity index is 1100. The van der Waals surface area contributed by atoms with E-state index in [1.807, 2.05) is 31.1 Å². The monoisotopic (exact) mass is 482 g/mol. The highest BCUT2D eigenvalue weighted by Gasteiger charge is 2.49. The van der Waals surface area contributed by atoms with E-state index in [9.17, 15) is 18.7 Å². The Labute approximate surface area is 205 Å². The van der Waals surface area contributed by atoms with E-state index in [0.717, 1.165) is 48.7 Å². The van der Waals surface area contributed by atoms with Crippen LogP contribution in [0.25, 0.3) is 0 Å². The van der Waals surface area contributed by atoms with Crippen LogP contribution in [0.2, 0.25) is 0 Å². The van der Waals surface area contributed by atoms with Gasteiger partial charge in [-0.05, 0) is 63.3 Å². The van der Waals surface area contributed by atoms with Gasteiger partial charge in [-0.1, -0.05) is 24.0 Å². The van der Waals surface area contributed by atoms with Crippen molar-refractivity contribution in [3.63, 3.8) is 0 Å². The maximum Gasteiger partial charge on any atom is 0.321 e. The van der Waals surface area contributed by atoms with Gasteiger partial charge in [0.05, 0.1) is 18.8 Å². The van der Waals surface area contributed by atoms with Crippen molar-refractivity contribution in [2.24, 2.45) is 0 Å². The molecule has 2 amide bonds. The fourth-order valence-corrected chi connectivity index (χ4v) is 5.00. The summed E-state index contributed by atoms with van der Waals surface area (Å²) in [6.07, 6.45) is 1.68. The maximum atomic E-state index is 14.1. The first-order valence-corrected chi connectivity index (χ1v) is 12.0. The van der Waals surface area contributed by atoms with Crippen LogP contribution in [0.4, 0.5) is 19.3 Å². The third-order valence-electron chi connectivity index (χ3n) is 6.75. The Morgan fingerprint density at radius 2 is 1.89 bits per heavy atom. The van der Waals surface area contributed by atoms with E-state index < -0.39 is 17.7 Å². The second-order valence-electron chi connectivity index (χ2n) is 9.45. The number of carbonyl (C=O) groups is 1. The fourth-order valence-electron chi connectivity index (χ4n) is 5.00. The number of anilines is 1. The second kappa shape index (κ2) is 11.2. The third kappa shape index (κ3) is 5.81. The lowest BCUT2D eigenvalue weighted by Crippen LogP contribution is -2.68. The minimum Gasteiger partial charge on any atom is -0.395 e. The number of halogens is 2. The molecule has 186 valence electrons. The van der Waals surface area contributed by atoms with Crippen LogP contribution in [-0.2, 0) is 0 Å². The number of nitrogens with one attached hydrogen (secondary N) is 1. The molecule has 35 heavy (non-hydrogen) atoms. The zero-order valence-electron chi connectivity index (χ0n) is 20.2. The van der Waals surface area contributed by atoms with Gasteiger partial charge in [-0.25, -0.2) is 13.6 Å². The molecule has 2 aliphatic rings. The molecule has 8 heteroatoms. The van der Waals surface area contributed by atoms with Gasteiger partial charge in [0.25, 0.3) is 0 Å². The summed E-state index contributed by atoms with van der Waals surface area (Å²) in [5, 5.41) is 12.7. The van der Waals surface area contributed by atoms with Gasteiger partial charge >= 0.3 is 6.03 Å². The van der Waals surface area contributed by atoms with Gasteiger partial charge < -0.3 is 15.3 Å². The SMILES string of the molecule is CN(C)CC#Cc1ccc([C@H]2[C@H](CO)N3CCCCN(C(=O)Nc4cc(F)ccc4F)C[C@@H]23)cc1. The molecule has 2 saturated heterocycles. The van der Waals surface area contributed by atoms with Crippen molar-refractivity contribution in [1.29, 1.82) is 0 Å². The zero-order chi connectivity index (χ0) is 24.9. The van der Waals surface area contributed by atoms with E-state index in [1.165, 1.54) is 0 Å². The van der Waals surface area contributed by atoms with Crippen LogP contribution in [0.1, 0.15) is 29.9 Å². The molecule has 2 heterocycles. The van der Waals surface area contributed by atoms with Crippen LogP contribution < -0.4 is 5.32 Å². The number of aliphatic hydroxyl groups is 1. The molecule has 0 radical (unpaired) electrons. The lowest BCUT2D eigenvalue weighted by molar-refractivity contribution is -0.0585. The molecule has 2 aliphatic heterocycles. The topological polar surface area (TPSA) is 59.1 Å². The predicted octanol–water partition coefficient (Wildman–Crippen LogP) is 3.33. The minimum absolute atomic E-state index is 0.0191. The summed E-state index contributed by atoms with van der Waals surface area (Å²) in [5.74, 6) is 5.06. The van der Waals surface area contributed by atoms with Crippen LogP contribution in [0.15, 0.2) is 42.5 Å². The summed E-state index contributed by atoms with van der Waals surface area (Å²) in [6, 6.07) is 10.7. The van der Waals surface area contributed by atoms with Crippen molar-refractivity contribution < 1.29 is 18.7 Å². The molecule has 2 fully saturated rings. The number of amides is 2. The van der Waals surface area contributed by atoms with Crippen molar-refractivity contribution in [2.45, 2.75) is 30.8 Å². The molecule has 0 bridgehead atoms. The molecule has 6 nitrogen and oxygen atoms in total. The normalized spacial score (nSPS) is 22.3. The van der Waals surface area contributed by atoms with Gasteiger partial charge in [0.1, 0.15) is 11.6 Å². The van der Waals surface area contributed by atoms with E-state index in [-0.39, 0.29) is 30.3 Å². The molecule has 3 atom stereocenters. The summed E-state index contributed by atoms with van der Waals surface area (Å²) < 4.78 is 27.6. The average Bonchev–Trinajstić information content (AvgIpc) is 2.81. The lowest BCUT2D eigenvalue weighted by Gasteiger charge is -2.57. The Balaban J connectivity index is 1.50. The Hall–Kier alpha value is -2.99. The van der Waals surface area contributed by atoms with Gasteiger partial charge in [0.2, 0.25) is 0 Å². The number of hydrogen-bond acceptors (Lipinski definition) is 4. The molecule has 0 aromatic heterocycles. The summed E-state index contributed by atoms with van der Waals surface area (Å²) in [7, 11) is 3.95. The van der Waals surface area contributed by atoms with E-state index in [1.54, 1.807) is 4.90 Å². The van der Waals surface area contributed by atoms with Gasteiger partial charge in [0.15, 0.2) is 0 Å². The van der Waals surface area contributed by atoms with E-state index in [2.05, 4.69) is 34.2 Å². The number of benzene rings is 2. The minimum atomic E-state index is -0.677. The number of urea groups is 1.